The van der Waals surface area contributed by atoms with Crippen molar-refractivity contribution in [1.29, 1.82) is 0 Å². The van der Waals surface area contributed by atoms with Crippen LogP contribution in [0.3, 0.4) is 0 Å². The van der Waals surface area contributed by atoms with Gasteiger partial charge in [0.2, 0.25) is 0 Å². The first-order valence-corrected chi connectivity index (χ1v) is 3.97. The summed E-state index contributed by atoms with van der Waals surface area (Å²) in [5.41, 5.74) is 7.13. The zero-order chi connectivity index (χ0) is 9.26. The highest BCUT2D eigenvalue weighted by atomic mass is 14.6. The van der Waals surface area contributed by atoms with Gasteiger partial charge in [-0.15, -0.1) is 0 Å². The van der Waals surface area contributed by atoms with E-state index in [9.17, 15) is 0 Å². The van der Waals surface area contributed by atoms with Crippen LogP contribution in [0.2, 0.25) is 0 Å². The Morgan fingerprint density at radius 1 is 1.15 bits per heavy atom. The minimum Gasteiger partial charge on any atom is -0.398 e. The van der Waals surface area contributed by atoms with Gasteiger partial charge in [0.1, 0.15) is 0 Å². The SMILES string of the molecule is [C-]#[N+]c1ccc2cccc(N)c2c1. The largest absolute Gasteiger partial charge is 0.398 e. The highest BCUT2D eigenvalue weighted by molar-refractivity contribution is 5.95. The average Bonchev–Trinajstić information content (AvgIpc) is 2.18. The molecule has 13 heavy (non-hydrogen) atoms. The summed E-state index contributed by atoms with van der Waals surface area (Å²) in [7, 11) is 0. The Hall–Kier alpha value is -2.01. The summed E-state index contributed by atoms with van der Waals surface area (Å²) >= 11 is 0. The second-order valence-electron chi connectivity index (χ2n) is 2.86. The van der Waals surface area contributed by atoms with Crippen LogP contribution in [0, 0.1) is 6.57 Å². The third-order valence-corrected chi connectivity index (χ3v) is 2.03. The van der Waals surface area contributed by atoms with Crippen LogP contribution in [0.15, 0.2) is 36.4 Å². The Kier molecular flexibility index (Phi) is 1.64. The van der Waals surface area contributed by atoms with Crippen molar-refractivity contribution in [1.82, 2.24) is 0 Å². The van der Waals surface area contributed by atoms with Crippen LogP contribution in [0.5, 0.6) is 0 Å². The van der Waals surface area contributed by atoms with E-state index in [2.05, 4.69) is 4.85 Å². The van der Waals surface area contributed by atoms with Gasteiger partial charge in [0, 0.05) is 5.69 Å². The molecule has 2 aromatic carbocycles. The summed E-state index contributed by atoms with van der Waals surface area (Å²) in [6, 6.07) is 11.3. The van der Waals surface area contributed by atoms with E-state index < -0.39 is 0 Å². The molecular formula is C11H8N2. The number of benzene rings is 2. The average molecular weight is 168 g/mol. The van der Waals surface area contributed by atoms with Crippen molar-refractivity contribution in [3.63, 3.8) is 0 Å². The van der Waals surface area contributed by atoms with E-state index >= 15 is 0 Å². The topological polar surface area (TPSA) is 30.4 Å². The van der Waals surface area contributed by atoms with Crippen LogP contribution < -0.4 is 5.73 Å². The highest BCUT2D eigenvalue weighted by Gasteiger charge is 1.97. The van der Waals surface area contributed by atoms with E-state index in [-0.39, 0.29) is 0 Å². The number of anilines is 1. The Labute approximate surface area is 76.4 Å². The Morgan fingerprint density at radius 3 is 2.77 bits per heavy atom. The molecule has 62 valence electrons. The van der Waals surface area contributed by atoms with Crippen LogP contribution in [-0.2, 0) is 0 Å². The van der Waals surface area contributed by atoms with Gasteiger partial charge >= 0.3 is 0 Å². The van der Waals surface area contributed by atoms with Gasteiger partial charge in [-0.25, -0.2) is 4.85 Å². The molecule has 0 saturated carbocycles. The van der Waals surface area contributed by atoms with Crippen LogP contribution in [0.1, 0.15) is 0 Å². The quantitative estimate of drug-likeness (QED) is 0.475. The monoisotopic (exact) mass is 168 g/mol. The van der Waals surface area contributed by atoms with Crippen molar-refractivity contribution in [2.75, 3.05) is 5.73 Å². The van der Waals surface area contributed by atoms with Gasteiger partial charge in [-0.3, -0.25) is 0 Å². The van der Waals surface area contributed by atoms with Crippen LogP contribution in [0.4, 0.5) is 11.4 Å². The number of nitrogens with zero attached hydrogens (tertiary/aromatic N) is 1. The minimum absolute atomic E-state index is 0.630. The number of fused-ring (bicyclic) bond motifs is 1. The molecule has 2 N–H and O–H groups in total. The number of hydrogen-bond acceptors (Lipinski definition) is 1. The molecule has 0 radical (unpaired) electrons. The van der Waals surface area contributed by atoms with E-state index in [1.807, 2.05) is 30.3 Å². The normalized spacial score (nSPS) is 9.77. The van der Waals surface area contributed by atoms with Crippen molar-refractivity contribution < 1.29 is 0 Å². The zero-order valence-electron chi connectivity index (χ0n) is 6.99. The Bertz CT molecular complexity index is 495. The maximum Gasteiger partial charge on any atom is 0.187 e. The first-order chi connectivity index (χ1) is 6.31. The lowest BCUT2D eigenvalue weighted by atomic mass is 10.1. The lowest BCUT2D eigenvalue weighted by Gasteiger charge is -2.01. The number of rotatable bonds is 0. The van der Waals surface area contributed by atoms with Crippen molar-refractivity contribution >= 4 is 22.1 Å². The van der Waals surface area contributed by atoms with Crippen molar-refractivity contribution in [2.24, 2.45) is 0 Å². The van der Waals surface area contributed by atoms with Crippen molar-refractivity contribution in [3.05, 3.63) is 47.8 Å². The molecule has 2 nitrogen and oxygen atoms in total. The van der Waals surface area contributed by atoms with E-state index in [0.717, 1.165) is 16.5 Å². The molecule has 0 spiro atoms. The van der Waals surface area contributed by atoms with Gasteiger partial charge in [0.15, 0.2) is 5.69 Å². The molecule has 0 unspecified atom stereocenters. The molecule has 0 aromatic heterocycles. The minimum atomic E-state index is 0.630. The molecular weight excluding hydrogens is 160 g/mol. The second kappa shape index (κ2) is 2.80. The summed E-state index contributed by atoms with van der Waals surface area (Å²) < 4.78 is 0. The molecule has 0 saturated heterocycles. The Balaban J connectivity index is 2.84. The molecule has 0 bridgehead atoms. The highest BCUT2D eigenvalue weighted by Crippen LogP contribution is 2.25. The number of nitrogens with two attached hydrogens (primary N) is 1. The maximum atomic E-state index is 6.87. The summed E-state index contributed by atoms with van der Waals surface area (Å²) in [5, 5.41) is 2.03. The van der Waals surface area contributed by atoms with Gasteiger partial charge in [-0.2, -0.15) is 0 Å². The summed E-state index contributed by atoms with van der Waals surface area (Å²) in [6.45, 7) is 6.87. The summed E-state index contributed by atoms with van der Waals surface area (Å²) in [4.78, 5) is 3.36. The summed E-state index contributed by atoms with van der Waals surface area (Å²) in [5.74, 6) is 0. The molecule has 0 atom stereocenters. The zero-order valence-corrected chi connectivity index (χ0v) is 6.99. The molecule has 0 heterocycles. The van der Waals surface area contributed by atoms with Gasteiger partial charge < -0.3 is 5.73 Å². The fourth-order valence-corrected chi connectivity index (χ4v) is 1.35. The van der Waals surface area contributed by atoms with E-state index in [0.29, 0.717) is 5.69 Å². The first kappa shape index (κ1) is 7.63. The van der Waals surface area contributed by atoms with Gasteiger partial charge in [0.05, 0.1) is 6.57 Å². The van der Waals surface area contributed by atoms with E-state index in [4.69, 9.17) is 12.3 Å². The lowest BCUT2D eigenvalue weighted by Crippen LogP contribution is -1.85. The number of hydrogen-bond donors (Lipinski definition) is 1. The molecule has 0 fully saturated rings. The van der Waals surface area contributed by atoms with E-state index in [1.165, 1.54) is 0 Å². The van der Waals surface area contributed by atoms with Gasteiger partial charge in [0.25, 0.3) is 0 Å². The molecule has 0 aliphatic heterocycles. The predicted octanol–water partition coefficient (Wildman–Crippen LogP) is 2.97. The number of nitrogen functional groups attached to an aromatic ring is 1. The maximum absolute atomic E-state index is 6.87. The smallest absolute Gasteiger partial charge is 0.187 e. The van der Waals surface area contributed by atoms with Gasteiger partial charge in [-0.05, 0) is 22.9 Å². The van der Waals surface area contributed by atoms with Crippen molar-refractivity contribution in [2.45, 2.75) is 0 Å². The third-order valence-electron chi connectivity index (χ3n) is 2.03. The van der Waals surface area contributed by atoms with Gasteiger partial charge in [-0.1, -0.05) is 24.3 Å². The molecule has 2 heteroatoms. The molecule has 0 aliphatic carbocycles. The fraction of sp³-hybridized carbons (Fsp3) is 0. The van der Waals surface area contributed by atoms with Crippen LogP contribution >= 0.6 is 0 Å². The summed E-state index contributed by atoms with van der Waals surface area (Å²) in [6.07, 6.45) is 0. The molecule has 0 amide bonds. The fourth-order valence-electron chi connectivity index (χ4n) is 1.35. The molecule has 0 aliphatic rings. The Morgan fingerprint density at radius 2 is 2.00 bits per heavy atom. The second-order valence-corrected chi connectivity index (χ2v) is 2.86. The van der Waals surface area contributed by atoms with E-state index in [1.54, 1.807) is 6.07 Å². The van der Waals surface area contributed by atoms with Crippen molar-refractivity contribution in [3.8, 4) is 0 Å². The van der Waals surface area contributed by atoms with Crippen LogP contribution in [0.25, 0.3) is 15.6 Å². The predicted molar refractivity (Wildman–Crippen MR) is 54.6 cm³/mol. The standard InChI is InChI=1S/C11H8N2/c1-13-9-6-5-8-3-2-4-11(12)10(8)7-9/h2-7H,12H2. The molecule has 2 rings (SSSR count). The lowest BCUT2D eigenvalue weighted by molar-refractivity contribution is 1.73. The molecule has 2 aromatic rings. The first-order valence-electron chi connectivity index (χ1n) is 3.97. The van der Waals surface area contributed by atoms with Crippen LogP contribution in [-0.4, -0.2) is 0 Å². The third kappa shape index (κ3) is 1.21.